The van der Waals surface area contributed by atoms with Crippen molar-refractivity contribution in [1.82, 2.24) is 9.62 Å². The third-order valence-electron chi connectivity index (χ3n) is 7.15. The summed E-state index contributed by atoms with van der Waals surface area (Å²) in [6.45, 7) is 1.13. The number of amides is 1. The molecule has 2 saturated carbocycles. The number of β-amino-alcohol motifs (C(OH)–C–C–N with tert-alkyl or cyclic N) is 1. The Morgan fingerprint density at radius 3 is 2.29 bits per heavy atom. The van der Waals surface area contributed by atoms with Crippen molar-refractivity contribution in [1.29, 1.82) is 0 Å². The Balaban J connectivity index is 1.71. The quantitative estimate of drug-likeness (QED) is 0.414. The number of carbonyl (C=O) groups excluding carboxylic acids is 3. The van der Waals surface area contributed by atoms with Gasteiger partial charge in [-0.05, 0) is 31.9 Å². The largest absolute Gasteiger partial charge is 0.469 e. The topological polar surface area (TPSA) is 149 Å². The summed E-state index contributed by atoms with van der Waals surface area (Å²) < 4.78 is 43.2. The molecule has 11 nitrogen and oxygen atoms in total. The molecule has 0 bridgehead atoms. The number of sulfonamides is 1. The minimum atomic E-state index is -4.06. The molecule has 1 aliphatic heterocycles. The molecular weight excluding hydrogens is 480 g/mol. The SMILES string of the molecule is COC(=O)[C@H]1C[C@H](OC(=O)NC2CC2)[C@@]2(O)CN(S(=O)(=O)c3ccc(C)cc3)CC2[C@H]1C(=O)OC. The highest BCUT2D eigenvalue weighted by Crippen LogP contribution is 2.49. The van der Waals surface area contributed by atoms with E-state index in [-0.39, 0.29) is 23.9 Å². The molecule has 2 N–H and O–H groups in total. The number of nitrogens with zero attached hydrogens (tertiary/aromatic N) is 1. The van der Waals surface area contributed by atoms with E-state index in [2.05, 4.69) is 5.32 Å². The number of nitrogens with one attached hydrogen (secondary N) is 1. The number of esters is 2. The molecule has 192 valence electrons. The fraction of sp³-hybridized carbons (Fsp3) is 0.609. The second-order valence-corrected chi connectivity index (χ2v) is 11.4. The van der Waals surface area contributed by atoms with E-state index < -0.39 is 64.1 Å². The average Bonchev–Trinajstić information content (AvgIpc) is 3.56. The highest BCUT2D eigenvalue weighted by atomic mass is 32.2. The molecule has 1 heterocycles. The van der Waals surface area contributed by atoms with Crippen LogP contribution in [-0.2, 0) is 33.8 Å². The molecule has 3 aliphatic rings. The molecule has 2 aliphatic carbocycles. The number of ether oxygens (including phenoxy) is 3. The Morgan fingerprint density at radius 1 is 1.09 bits per heavy atom. The van der Waals surface area contributed by atoms with Crippen LogP contribution in [0.1, 0.15) is 24.8 Å². The summed E-state index contributed by atoms with van der Waals surface area (Å²) in [6, 6.07) is 6.22. The van der Waals surface area contributed by atoms with Crippen molar-refractivity contribution < 1.29 is 42.1 Å². The lowest BCUT2D eigenvalue weighted by molar-refractivity contribution is -0.186. The van der Waals surface area contributed by atoms with Crippen molar-refractivity contribution in [3.8, 4) is 0 Å². The van der Waals surface area contributed by atoms with E-state index in [1.165, 1.54) is 12.1 Å². The van der Waals surface area contributed by atoms with E-state index in [4.69, 9.17) is 14.2 Å². The van der Waals surface area contributed by atoms with Crippen molar-refractivity contribution in [2.24, 2.45) is 17.8 Å². The lowest BCUT2D eigenvalue weighted by Gasteiger charge is -2.46. The van der Waals surface area contributed by atoms with Crippen LogP contribution in [0.4, 0.5) is 4.79 Å². The third kappa shape index (κ3) is 4.74. The highest BCUT2D eigenvalue weighted by Gasteiger charge is 2.65. The van der Waals surface area contributed by atoms with Gasteiger partial charge in [0.15, 0.2) is 0 Å². The van der Waals surface area contributed by atoms with Gasteiger partial charge >= 0.3 is 18.0 Å². The van der Waals surface area contributed by atoms with Gasteiger partial charge in [-0.15, -0.1) is 0 Å². The summed E-state index contributed by atoms with van der Waals surface area (Å²) in [5.41, 5.74) is -1.05. The Morgan fingerprint density at radius 2 is 1.71 bits per heavy atom. The number of fused-ring (bicyclic) bond motifs is 1. The van der Waals surface area contributed by atoms with Gasteiger partial charge in [0.05, 0.1) is 31.0 Å². The van der Waals surface area contributed by atoms with Crippen LogP contribution >= 0.6 is 0 Å². The van der Waals surface area contributed by atoms with Crippen molar-refractivity contribution in [3.05, 3.63) is 29.8 Å². The number of alkyl carbamates (subject to hydrolysis) is 1. The lowest BCUT2D eigenvalue weighted by atomic mass is 9.64. The molecular formula is C23H30N2O9S. The van der Waals surface area contributed by atoms with Gasteiger partial charge in [-0.25, -0.2) is 13.2 Å². The maximum absolute atomic E-state index is 13.4. The zero-order valence-corrected chi connectivity index (χ0v) is 20.6. The molecule has 1 amide bonds. The zero-order chi connectivity index (χ0) is 25.5. The second kappa shape index (κ2) is 9.40. The van der Waals surface area contributed by atoms with Gasteiger partial charge < -0.3 is 24.6 Å². The summed E-state index contributed by atoms with van der Waals surface area (Å²) in [5, 5.41) is 14.5. The van der Waals surface area contributed by atoms with E-state index in [0.717, 1.165) is 36.9 Å². The summed E-state index contributed by atoms with van der Waals surface area (Å²) in [5.74, 6) is -4.88. The summed E-state index contributed by atoms with van der Waals surface area (Å²) in [7, 11) is -1.75. The molecule has 35 heavy (non-hydrogen) atoms. The van der Waals surface area contributed by atoms with Gasteiger partial charge in [-0.2, -0.15) is 4.31 Å². The van der Waals surface area contributed by atoms with E-state index in [0.29, 0.717) is 0 Å². The second-order valence-electron chi connectivity index (χ2n) is 9.44. The minimum Gasteiger partial charge on any atom is -0.469 e. The number of methoxy groups -OCH3 is 2. The maximum Gasteiger partial charge on any atom is 0.407 e. The third-order valence-corrected chi connectivity index (χ3v) is 8.98. The molecule has 1 unspecified atom stereocenters. The first-order chi connectivity index (χ1) is 16.5. The average molecular weight is 511 g/mol. The number of aliphatic hydroxyl groups is 1. The first kappa shape index (κ1) is 25.4. The van der Waals surface area contributed by atoms with Crippen molar-refractivity contribution in [2.75, 3.05) is 27.3 Å². The van der Waals surface area contributed by atoms with Crippen LogP contribution in [0.25, 0.3) is 0 Å². The standard InChI is InChI=1S/C23H30N2O9S/c1-13-4-8-15(9-5-13)35(30,31)25-11-17-19(21(27)33-3)16(20(26)32-2)10-18(23(17,29)12-25)34-22(28)24-14-6-7-14/h4-5,8-9,14,16-19,29H,6-7,10-12H2,1-3H3,(H,24,28)/t16-,17?,18-,19-,23+/m0/s1. The summed E-state index contributed by atoms with van der Waals surface area (Å²) >= 11 is 0. The highest BCUT2D eigenvalue weighted by molar-refractivity contribution is 7.89. The lowest BCUT2D eigenvalue weighted by Crippen LogP contribution is -2.61. The molecule has 0 radical (unpaired) electrons. The minimum absolute atomic E-state index is 0.0160. The van der Waals surface area contributed by atoms with Crippen molar-refractivity contribution in [2.45, 2.75) is 48.8 Å². The van der Waals surface area contributed by atoms with Gasteiger partial charge in [-0.3, -0.25) is 9.59 Å². The van der Waals surface area contributed by atoms with Crippen LogP contribution in [0, 0.1) is 24.7 Å². The van der Waals surface area contributed by atoms with Crippen molar-refractivity contribution in [3.63, 3.8) is 0 Å². The van der Waals surface area contributed by atoms with Crippen LogP contribution in [0.5, 0.6) is 0 Å². The number of rotatable bonds is 6. The number of benzene rings is 1. The van der Waals surface area contributed by atoms with Gasteiger partial charge in [0, 0.05) is 31.5 Å². The normalized spacial score (nSPS) is 30.7. The Bertz CT molecular complexity index is 1100. The first-order valence-electron chi connectivity index (χ1n) is 11.4. The monoisotopic (exact) mass is 510 g/mol. The Labute approximate surface area is 203 Å². The van der Waals surface area contributed by atoms with Gasteiger partial charge in [0.2, 0.25) is 10.0 Å². The maximum atomic E-state index is 13.4. The van der Waals surface area contributed by atoms with Crippen LogP contribution in [-0.4, -0.2) is 80.9 Å². The summed E-state index contributed by atoms with van der Waals surface area (Å²) in [6.07, 6.45) is -0.635. The van der Waals surface area contributed by atoms with E-state index >= 15 is 0 Å². The number of hydrogen-bond acceptors (Lipinski definition) is 9. The molecule has 5 atom stereocenters. The van der Waals surface area contributed by atoms with E-state index in [9.17, 15) is 27.9 Å². The Hall–Kier alpha value is -2.70. The Kier molecular flexibility index (Phi) is 6.82. The zero-order valence-electron chi connectivity index (χ0n) is 19.8. The van der Waals surface area contributed by atoms with Gasteiger partial charge in [-0.1, -0.05) is 17.7 Å². The van der Waals surface area contributed by atoms with E-state index in [1.54, 1.807) is 12.1 Å². The van der Waals surface area contributed by atoms with Crippen LogP contribution in [0.3, 0.4) is 0 Å². The smallest absolute Gasteiger partial charge is 0.407 e. The predicted octanol–water partition coefficient (Wildman–Crippen LogP) is 0.586. The van der Waals surface area contributed by atoms with Gasteiger partial charge in [0.25, 0.3) is 0 Å². The fourth-order valence-corrected chi connectivity index (χ4v) is 6.59. The van der Waals surface area contributed by atoms with Gasteiger partial charge in [0.1, 0.15) is 11.7 Å². The predicted molar refractivity (Wildman–Crippen MR) is 120 cm³/mol. The van der Waals surface area contributed by atoms with Crippen LogP contribution in [0.15, 0.2) is 29.2 Å². The van der Waals surface area contributed by atoms with Crippen LogP contribution < -0.4 is 5.32 Å². The molecule has 4 rings (SSSR count). The summed E-state index contributed by atoms with van der Waals surface area (Å²) in [4.78, 5) is 37.9. The number of hydrogen-bond donors (Lipinski definition) is 2. The molecule has 1 saturated heterocycles. The van der Waals surface area contributed by atoms with E-state index in [1.807, 2.05) is 6.92 Å². The van der Waals surface area contributed by atoms with Crippen molar-refractivity contribution >= 4 is 28.1 Å². The number of aryl methyl sites for hydroxylation is 1. The first-order valence-corrected chi connectivity index (χ1v) is 12.9. The molecule has 1 aromatic rings. The fourth-order valence-electron chi connectivity index (χ4n) is 5.08. The molecule has 3 fully saturated rings. The molecule has 12 heteroatoms. The number of carbonyl (C=O) groups is 3. The van der Waals surface area contributed by atoms with Crippen LogP contribution in [0.2, 0.25) is 0 Å². The molecule has 1 aromatic carbocycles. The molecule has 0 aromatic heterocycles. The molecule has 0 spiro atoms.